The Hall–Kier alpha value is -3.15. The van der Waals surface area contributed by atoms with E-state index in [2.05, 4.69) is 10.7 Å². The monoisotopic (exact) mass is 351 g/mol. The van der Waals surface area contributed by atoms with Gasteiger partial charge in [0.15, 0.2) is 0 Å². The van der Waals surface area contributed by atoms with Crippen molar-refractivity contribution in [2.75, 3.05) is 0 Å². The fourth-order valence-electron chi connectivity index (χ4n) is 3.12. The molecule has 134 valence electrons. The van der Waals surface area contributed by atoms with Crippen molar-refractivity contribution >= 4 is 17.8 Å². The van der Waals surface area contributed by atoms with Gasteiger partial charge < -0.3 is 5.32 Å². The Kier molecular flexibility index (Phi) is 5.02. The number of aryl methyl sites for hydroxylation is 1. The van der Waals surface area contributed by atoms with Crippen molar-refractivity contribution in [2.45, 2.75) is 31.7 Å². The first-order valence-electron chi connectivity index (χ1n) is 8.62. The first-order valence-corrected chi connectivity index (χ1v) is 8.62. The molecule has 4 amide bonds. The lowest BCUT2D eigenvalue weighted by atomic mass is 9.87. The topological polar surface area (TPSA) is 78.5 Å². The summed E-state index contributed by atoms with van der Waals surface area (Å²) >= 11 is 0. The molecule has 6 nitrogen and oxygen atoms in total. The van der Waals surface area contributed by atoms with Gasteiger partial charge in [-0.15, -0.1) is 0 Å². The van der Waals surface area contributed by atoms with Crippen LogP contribution in [0, 0.1) is 0 Å². The lowest BCUT2D eigenvalue weighted by molar-refractivity contribution is -0.139. The van der Waals surface area contributed by atoms with Gasteiger partial charge in [-0.1, -0.05) is 67.6 Å². The molecule has 2 aromatic rings. The van der Waals surface area contributed by atoms with Crippen molar-refractivity contribution in [3.63, 3.8) is 0 Å². The molecule has 1 heterocycles. The highest BCUT2D eigenvalue weighted by Gasteiger charge is 2.52. The summed E-state index contributed by atoms with van der Waals surface area (Å²) in [6, 6.07) is 18.0. The molecule has 0 radical (unpaired) electrons. The minimum atomic E-state index is -1.15. The van der Waals surface area contributed by atoms with Crippen LogP contribution in [0.4, 0.5) is 4.79 Å². The second-order valence-electron chi connectivity index (χ2n) is 6.22. The highest BCUT2D eigenvalue weighted by Crippen LogP contribution is 2.31. The average molecular weight is 351 g/mol. The predicted octanol–water partition coefficient (Wildman–Crippen LogP) is 2.51. The molecule has 0 aromatic heterocycles. The first-order chi connectivity index (χ1) is 12.6. The zero-order valence-corrected chi connectivity index (χ0v) is 14.6. The maximum atomic E-state index is 12.9. The number of rotatable bonds is 6. The number of imide groups is 1. The van der Waals surface area contributed by atoms with Gasteiger partial charge in [-0.2, -0.15) is 5.01 Å². The van der Waals surface area contributed by atoms with Gasteiger partial charge in [0.2, 0.25) is 5.91 Å². The summed E-state index contributed by atoms with van der Waals surface area (Å²) in [5, 5.41) is 3.53. The van der Waals surface area contributed by atoms with Crippen LogP contribution in [0.1, 0.15) is 30.9 Å². The summed E-state index contributed by atoms with van der Waals surface area (Å²) < 4.78 is 0. The molecule has 0 aliphatic carbocycles. The van der Waals surface area contributed by atoms with Crippen LogP contribution in [0.2, 0.25) is 0 Å². The van der Waals surface area contributed by atoms with Crippen molar-refractivity contribution in [3.05, 3.63) is 71.8 Å². The van der Waals surface area contributed by atoms with E-state index in [1.165, 1.54) is 0 Å². The summed E-state index contributed by atoms with van der Waals surface area (Å²) in [6.45, 7) is 1.83. The van der Waals surface area contributed by atoms with Crippen LogP contribution in [0.15, 0.2) is 60.7 Å². The van der Waals surface area contributed by atoms with Crippen LogP contribution in [0.25, 0.3) is 0 Å². The van der Waals surface area contributed by atoms with Crippen molar-refractivity contribution in [2.24, 2.45) is 0 Å². The number of hydrogen-bond acceptors (Lipinski definition) is 3. The molecule has 2 aromatic carbocycles. The number of carbonyl (C=O) groups excluding carboxylic acids is 3. The third kappa shape index (κ3) is 3.31. The third-order valence-corrected chi connectivity index (χ3v) is 4.61. The van der Waals surface area contributed by atoms with Gasteiger partial charge in [0.25, 0.3) is 5.91 Å². The number of benzene rings is 2. The lowest BCUT2D eigenvalue weighted by Crippen LogP contribution is -2.48. The van der Waals surface area contributed by atoms with E-state index in [0.29, 0.717) is 18.4 Å². The van der Waals surface area contributed by atoms with Crippen LogP contribution in [-0.2, 0) is 21.5 Å². The van der Waals surface area contributed by atoms with Gasteiger partial charge in [0, 0.05) is 6.42 Å². The van der Waals surface area contributed by atoms with Gasteiger partial charge in [0.05, 0.1) is 0 Å². The minimum Gasteiger partial charge on any atom is -0.318 e. The smallest absolute Gasteiger partial charge is 0.318 e. The molecule has 1 aliphatic heterocycles. The van der Waals surface area contributed by atoms with Crippen molar-refractivity contribution < 1.29 is 14.4 Å². The maximum Gasteiger partial charge on any atom is 0.344 e. The second-order valence-corrected chi connectivity index (χ2v) is 6.22. The second kappa shape index (κ2) is 7.39. The highest BCUT2D eigenvalue weighted by atomic mass is 16.2. The summed E-state index contributed by atoms with van der Waals surface area (Å²) in [7, 11) is 0. The van der Waals surface area contributed by atoms with E-state index in [1.807, 2.05) is 55.5 Å². The summed E-state index contributed by atoms with van der Waals surface area (Å²) in [4.78, 5) is 37.4. The average Bonchev–Trinajstić information content (AvgIpc) is 2.93. The minimum absolute atomic E-state index is 0.186. The number of nitrogens with one attached hydrogen (secondary N) is 2. The Morgan fingerprint density at radius 2 is 1.65 bits per heavy atom. The number of carbonyl (C=O) groups is 3. The van der Waals surface area contributed by atoms with E-state index in [1.54, 1.807) is 12.1 Å². The number of nitrogens with zero attached hydrogens (tertiary/aromatic N) is 1. The quantitative estimate of drug-likeness (QED) is 0.785. The Morgan fingerprint density at radius 1 is 1.04 bits per heavy atom. The highest BCUT2D eigenvalue weighted by molar-refractivity contribution is 6.08. The molecule has 0 unspecified atom stereocenters. The standard InChI is InChI=1S/C20H21N3O3/c1-2-20(16-11-7-4-8-12-16)18(25)23(19(26)21-20)22-17(24)14-13-15-9-5-3-6-10-15/h3-12H,2,13-14H2,1H3,(H,21,26)(H,22,24)/t20-/m1/s1. The van der Waals surface area contributed by atoms with Gasteiger partial charge in [-0.05, 0) is 24.0 Å². The maximum absolute atomic E-state index is 12.9. The predicted molar refractivity (Wildman–Crippen MR) is 96.7 cm³/mol. The Morgan fingerprint density at radius 3 is 2.27 bits per heavy atom. The molecule has 1 saturated heterocycles. The fraction of sp³-hybridized carbons (Fsp3) is 0.250. The third-order valence-electron chi connectivity index (χ3n) is 4.61. The summed E-state index contributed by atoms with van der Waals surface area (Å²) in [5.74, 6) is -0.846. The van der Waals surface area contributed by atoms with Crippen LogP contribution < -0.4 is 10.7 Å². The van der Waals surface area contributed by atoms with Crippen molar-refractivity contribution in [1.29, 1.82) is 0 Å². The molecular weight excluding hydrogens is 330 g/mol. The molecule has 1 fully saturated rings. The Labute approximate surface area is 152 Å². The van der Waals surface area contributed by atoms with E-state index < -0.39 is 17.5 Å². The molecule has 26 heavy (non-hydrogen) atoms. The van der Waals surface area contributed by atoms with Crippen molar-refractivity contribution in [3.8, 4) is 0 Å². The molecule has 1 aliphatic rings. The van der Waals surface area contributed by atoms with Crippen LogP contribution in [0.5, 0.6) is 0 Å². The number of urea groups is 1. The molecule has 6 heteroatoms. The molecule has 1 atom stereocenters. The SMILES string of the molecule is CC[C@]1(c2ccccc2)NC(=O)N(NC(=O)CCc2ccccc2)C1=O. The molecular formula is C20H21N3O3. The van der Waals surface area contributed by atoms with Gasteiger partial charge in [-0.25, -0.2) is 4.79 Å². The molecule has 0 bridgehead atoms. The first kappa shape index (κ1) is 17.7. The van der Waals surface area contributed by atoms with Gasteiger partial charge in [-0.3, -0.25) is 15.0 Å². The number of hydrazine groups is 1. The van der Waals surface area contributed by atoms with Crippen molar-refractivity contribution in [1.82, 2.24) is 15.8 Å². The van der Waals surface area contributed by atoms with Crippen LogP contribution in [0.3, 0.4) is 0 Å². The van der Waals surface area contributed by atoms with E-state index in [-0.39, 0.29) is 12.3 Å². The lowest BCUT2D eigenvalue weighted by Gasteiger charge is -2.25. The normalized spacial score (nSPS) is 19.3. The zero-order chi connectivity index (χ0) is 18.6. The van der Waals surface area contributed by atoms with E-state index in [4.69, 9.17) is 0 Å². The Bertz CT molecular complexity index is 808. The fourth-order valence-corrected chi connectivity index (χ4v) is 3.12. The number of hydrogen-bond donors (Lipinski definition) is 2. The van der Waals surface area contributed by atoms with E-state index >= 15 is 0 Å². The van der Waals surface area contributed by atoms with Crippen LogP contribution in [-0.4, -0.2) is 22.9 Å². The van der Waals surface area contributed by atoms with Gasteiger partial charge >= 0.3 is 6.03 Å². The van der Waals surface area contributed by atoms with E-state index in [0.717, 1.165) is 10.6 Å². The Balaban J connectivity index is 1.70. The molecule has 0 spiro atoms. The van der Waals surface area contributed by atoms with E-state index in [9.17, 15) is 14.4 Å². The zero-order valence-electron chi connectivity index (χ0n) is 14.6. The molecule has 0 saturated carbocycles. The molecule has 3 rings (SSSR count). The van der Waals surface area contributed by atoms with Gasteiger partial charge in [0.1, 0.15) is 5.54 Å². The summed E-state index contributed by atoms with van der Waals surface area (Å²) in [6.07, 6.45) is 1.11. The largest absolute Gasteiger partial charge is 0.344 e. The molecule has 2 N–H and O–H groups in total. The number of amides is 4. The summed E-state index contributed by atoms with van der Waals surface area (Å²) in [5.41, 5.74) is 3.01. The van der Waals surface area contributed by atoms with Crippen LogP contribution >= 0.6 is 0 Å².